The average molecular weight is 404 g/mol. The smallest absolute Gasteiger partial charge is 0.394 e. The van der Waals surface area contributed by atoms with Crippen molar-refractivity contribution in [3.8, 4) is 0 Å². The molecule has 2 fully saturated rings. The monoisotopic (exact) mass is 404 g/mol. The lowest BCUT2D eigenvalue weighted by molar-refractivity contribution is -0.266. The fraction of sp³-hybridized carbons (Fsp3) is 0.778. The maximum Gasteiger partial charge on any atom is 0.394 e. The van der Waals surface area contributed by atoms with Crippen LogP contribution in [0.3, 0.4) is 0 Å². The van der Waals surface area contributed by atoms with E-state index in [0.29, 0.717) is 51.5 Å². The fourth-order valence-electron chi connectivity index (χ4n) is 3.73. The van der Waals surface area contributed by atoms with Crippen molar-refractivity contribution in [2.45, 2.75) is 63.5 Å². The van der Waals surface area contributed by atoms with Gasteiger partial charge in [0.05, 0.1) is 18.7 Å². The molecule has 0 N–H and O–H groups in total. The van der Waals surface area contributed by atoms with Crippen molar-refractivity contribution in [2.24, 2.45) is 0 Å². The van der Waals surface area contributed by atoms with E-state index < -0.39 is 18.7 Å². The summed E-state index contributed by atoms with van der Waals surface area (Å²) in [4.78, 5) is 16.4. The molecule has 1 aromatic heterocycles. The largest absolute Gasteiger partial charge is 0.530 e. The van der Waals surface area contributed by atoms with Gasteiger partial charge >= 0.3 is 6.18 Å². The zero-order valence-corrected chi connectivity index (χ0v) is 15.6. The number of ether oxygens (including phenoxy) is 2. The van der Waals surface area contributed by atoms with Crippen molar-refractivity contribution >= 4 is 6.09 Å². The Kier molecular flexibility index (Phi) is 6.82. The van der Waals surface area contributed by atoms with Crippen molar-refractivity contribution in [1.29, 1.82) is 0 Å². The van der Waals surface area contributed by atoms with Crippen LogP contribution in [0, 0.1) is 0 Å². The summed E-state index contributed by atoms with van der Waals surface area (Å²) in [6.45, 7) is 1.94. The van der Waals surface area contributed by atoms with Crippen LogP contribution >= 0.6 is 0 Å². The molecule has 2 aliphatic rings. The number of imidazole rings is 1. The lowest BCUT2D eigenvalue weighted by Crippen LogP contribution is -2.45. The molecule has 2 aliphatic heterocycles. The standard InChI is InChI=1S/C18H26F3N3O4/c19-18(20,21)11-14-12-24(8-10-28-15-3-1-2-9-27-15)16(22-14)13-4-6-23(7-5-13)17(25)26/h12-13,15H,1-11H2,(H,25,26)/p-1. The number of alkyl halides is 3. The van der Waals surface area contributed by atoms with Crippen LogP contribution in [0.2, 0.25) is 0 Å². The molecule has 10 heteroatoms. The quantitative estimate of drug-likeness (QED) is 0.725. The molecule has 0 spiro atoms. The van der Waals surface area contributed by atoms with Crippen LogP contribution in [0.25, 0.3) is 0 Å². The summed E-state index contributed by atoms with van der Waals surface area (Å²) >= 11 is 0. The minimum Gasteiger partial charge on any atom is -0.530 e. The first kappa shape index (κ1) is 20.9. The molecule has 7 nitrogen and oxygen atoms in total. The number of aromatic nitrogens is 2. The number of hydrogen-bond acceptors (Lipinski definition) is 5. The highest BCUT2D eigenvalue weighted by molar-refractivity contribution is 5.62. The molecule has 3 heterocycles. The molecule has 0 radical (unpaired) electrons. The summed E-state index contributed by atoms with van der Waals surface area (Å²) in [5.74, 6) is 0.467. The summed E-state index contributed by atoms with van der Waals surface area (Å²) in [5.41, 5.74) is -0.0289. The Morgan fingerprint density at radius 1 is 1.29 bits per heavy atom. The van der Waals surface area contributed by atoms with Crippen molar-refractivity contribution in [1.82, 2.24) is 14.5 Å². The second-order valence-corrected chi connectivity index (χ2v) is 7.27. The number of carbonyl (C=O) groups excluding carboxylic acids is 1. The molecular weight excluding hydrogens is 379 g/mol. The van der Waals surface area contributed by atoms with E-state index in [4.69, 9.17) is 9.47 Å². The van der Waals surface area contributed by atoms with Gasteiger partial charge in [0.15, 0.2) is 6.29 Å². The van der Waals surface area contributed by atoms with Crippen LogP contribution in [-0.2, 0) is 22.4 Å². The van der Waals surface area contributed by atoms with Crippen LogP contribution in [-0.4, -0.2) is 59.3 Å². The van der Waals surface area contributed by atoms with Crippen LogP contribution in [0.1, 0.15) is 49.5 Å². The van der Waals surface area contributed by atoms with Crippen LogP contribution < -0.4 is 5.11 Å². The first-order valence-corrected chi connectivity index (χ1v) is 9.63. The van der Waals surface area contributed by atoms with Gasteiger partial charge in [-0.05, 0) is 32.1 Å². The highest BCUT2D eigenvalue weighted by Crippen LogP contribution is 2.29. The van der Waals surface area contributed by atoms with Gasteiger partial charge in [-0.3, -0.25) is 0 Å². The van der Waals surface area contributed by atoms with Crippen molar-refractivity contribution in [3.05, 3.63) is 17.7 Å². The first-order valence-electron chi connectivity index (χ1n) is 9.63. The van der Waals surface area contributed by atoms with E-state index in [1.54, 1.807) is 4.57 Å². The number of likely N-dealkylation sites (tertiary alicyclic amines) is 1. The van der Waals surface area contributed by atoms with Gasteiger partial charge in [0.2, 0.25) is 0 Å². The zero-order chi connectivity index (χ0) is 20.1. The molecule has 158 valence electrons. The van der Waals surface area contributed by atoms with E-state index in [0.717, 1.165) is 19.3 Å². The molecule has 0 saturated carbocycles. The number of amides is 1. The molecule has 0 aromatic carbocycles. The van der Waals surface area contributed by atoms with E-state index >= 15 is 0 Å². The Bertz CT molecular complexity index is 651. The number of carboxylic acid groups (broad SMARTS) is 1. The predicted molar refractivity (Wildman–Crippen MR) is 90.5 cm³/mol. The maximum atomic E-state index is 12.8. The molecule has 1 amide bonds. The highest BCUT2D eigenvalue weighted by atomic mass is 19.4. The predicted octanol–water partition coefficient (Wildman–Crippen LogP) is 2.05. The number of halogens is 3. The summed E-state index contributed by atoms with van der Waals surface area (Å²) in [5, 5.41) is 11.0. The fourth-order valence-corrected chi connectivity index (χ4v) is 3.73. The molecule has 0 aliphatic carbocycles. The SMILES string of the molecule is O=C([O-])N1CCC(c2nc(CC(F)(F)F)cn2CCOC2CCCCO2)CC1. The Balaban J connectivity index is 1.65. The van der Waals surface area contributed by atoms with E-state index in [2.05, 4.69) is 4.98 Å². The van der Waals surface area contributed by atoms with Crippen LogP contribution in [0.15, 0.2) is 6.20 Å². The molecule has 3 rings (SSSR count). The van der Waals surface area contributed by atoms with Gasteiger partial charge in [-0.15, -0.1) is 0 Å². The zero-order valence-electron chi connectivity index (χ0n) is 15.6. The minimum atomic E-state index is -4.33. The molecule has 1 aromatic rings. The number of piperidine rings is 1. The second kappa shape index (κ2) is 9.13. The molecule has 0 bridgehead atoms. The van der Waals surface area contributed by atoms with Crippen LogP contribution in [0.5, 0.6) is 0 Å². The van der Waals surface area contributed by atoms with E-state index in [1.807, 2.05) is 0 Å². The number of hydrogen-bond donors (Lipinski definition) is 0. The van der Waals surface area contributed by atoms with E-state index in [1.165, 1.54) is 11.1 Å². The van der Waals surface area contributed by atoms with Gasteiger partial charge in [-0.2, -0.15) is 13.2 Å². The number of carbonyl (C=O) groups is 1. The van der Waals surface area contributed by atoms with Gasteiger partial charge in [0.1, 0.15) is 11.9 Å². The Hall–Kier alpha value is -1.81. The summed E-state index contributed by atoms with van der Waals surface area (Å²) in [6, 6.07) is 0. The van der Waals surface area contributed by atoms with Crippen molar-refractivity contribution in [2.75, 3.05) is 26.3 Å². The summed E-state index contributed by atoms with van der Waals surface area (Å²) in [7, 11) is 0. The lowest BCUT2D eigenvalue weighted by Gasteiger charge is -2.33. The Labute approximate surface area is 161 Å². The third-order valence-corrected chi connectivity index (χ3v) is 5.13. The van der Waals surface area contributed by atoms with E-state index in [9.17, 15) is 23.1 Å². The molecular formula is C18H25F3N3O4-. The number of rotatable bonds is 6. The third-order valence-electron chi connectivity index (χ3n) is 5.13. The van der Waals surface area contributed by atoms with Crippen LogP contribution in [0.4, 0.5) is 18.0 Å². The van der Waals surface area contributed by atoms with Gasteiger partial charge in [0.25, 0.3) is 0 Å². The van der Waals surface area contributed by atoms with Gasteiger partial charge in [-0.1, -0.05) is 0 Å². The average Bonchev–Trinajstić information content (AvgIpc) is 3.03. The number of nitrogens with zero attached hydrogens (tertiary/aromatic N) is 3. The molecule has 28 heavy (non-hydrogen) atoms. The van der Waals surface area contributed by atoms with Crippen molar-refractivity contribution in [3.63, 3.8) is 0 Å². The summed E-state index contributed by atoms with van der Waals surface area (Å²) < 4.78 is 51.3. The second-order valence-electron chi connectivity index (χ2n) is 7.27. The summed E-state index contributed by atoms with van der Waals surface area (Å²) in [6.07, 6.45) is -1.60. The van der Waals surface area contributed by atoms with Crippen molar-refractivity contribution < 1.29 is 32.5 Å². The third kappa shape index (κ3) is 5.84. The normalized spacial score (nSPS) is 21.8. The molecule has 2 saturated heterocycles. The van der Waals surface area contributed by atoms with E-state index in [-0.39, 0.29) is 17.9 Å². The van der Waals surface area contributed by atoms with Gasteiger partial charge in [-0.25, -0.2) is 4.98 Å². The lowest BCUT2D eigenvalue weighted by atomic mass is 9.96. The van der Waals surface area contributed by atoms with Gasteiger partial charge < -0.3 is 28.8 Å². The van der Waals surface area contributed by atoms with Gasteiger partial charge in [0, 0.05) is 38.4 Å². The highest BCUT2D eigenvalue weighted by Gasteiger charge is 2.31. The first-order chi connectivity index (χ1) is 13.3. The molecule has 1 atom stereocenters. The Morgan fingerprint density at radius 2 is 2.04 bits per heavy atom. The topological polar surface area (TPSA) is 79.7 Å². The Morgan fingerprint density at radius 3 is 2.64 bits per heavy atom. The molecule has 1 unspecified atom stereocenters. The maximum absolute atomic E-state index is 12.8. The minimum absolute atomic E-state index is 0.0289.